The summed E-state index contributed by atoms with van der Waals surface area (Å²) in [6, 6.07) is 5.89. The Kier molecular flexibility index (Phi) is 5.42. The van der Waals surface area contributed by atoms with Gasteiger partial charge < -0.3 is 5.11 Å². The highest BCUT2D eigenvalue weighted by atomic mass is 19.3. The smallest absolute Gasteiger partial charge is 0.323 e. The molecule has 1 aromatic rings. The molecule has 0 fully saturated rings. The van der Waals surface area contributed by atoms with Gasteiger partial charge in [-0.15, -0.1) is 0 Å². The largest absolute Gasteiger partial charge is 0.480 e. The van der Waals surface area contributed by atoms with E-state index in [-0.39, 0.29) is 5.56 Å². The van der Waals surface area contributed by atoms with Gasteiger partial charge in [-0.2, -0.15) is 0 Å². The second-order valence-electron chi connectivity index (χ2n) is 4.78. The minimum absolute atomic E-state index is 0.0293. The summed E-state index contributed by atoms with van der Waals surface area (Å²) < 4.78 is 24.8. The summed E-state index contributed by atoms with van der Waals surface area (Å²) in [6.07, 6.45) is -1.22. The molecule has 0 bridgehead atoms. The Hall–Kier alpha value is -1.49. The first-order chi connectivity index (χ1) is 8.89. The monoisotopic (exact) mass is 271 g/mol. The Morgan fingerprint density at radius 1 is 1.37 bits per heavy atom. The van der Waals surface area contributed by atoms with Crippen LogP contribution in [0.25, 0.3) is 0 Å². The van der Waals surface area contributed by atoms with Crippen molar-refractivity contribution in [2.45, 2.75) is 45.2 Å². The van der Waals surface area contributed by atoms with Gasteiger partial charge in [-0.3, -0.25) is 10.1 Å². The average molecular weight is 271 g/mol. The summed E-state index contributed by atoms with van der Waals surface area (Å²) in [4.78, 5) is 11.2. The molecule has 0 aliphatic carbocycles. The van der Waals surface area contributed by atoms with Crippen molar-refractivity contribution in [2.24, 2.45) is 0 Å². The highest BCUT2D eigenvalue weighted by molar-refractivity contribution is 5.78. The number of carboxylic acids is 1. The lowest BCUT2D eigenvalue weighted by Crippen LogP contribution is -2.48. The van der Waals surface area contributed by atoms with Gasteiger partial charge in [-0.25, -0.2) is 8.78 Å². The average Bonchev–Trinajstić information content (AvgIpc) is 2.37. The maximum Gasteiger partial charge on any atom is 0.323 e. The third-order valence-corrected chi connectivity index (χ3v) is 3.14. The summed E-state index contributed by atoms with van der Waals surface area (Å²) >= 11 is 0. The minimum Gasteiger partial charge on any atom is -0.480 e. The van der Waals surface area contributed by atoms with Crippen LogP contribution < -0.4 is 5.32 Å². The highest BCUT2D eigenvalue weighted by Crippen LogP contribution is 2.19. The fourth-order valence-electron chi connectivity index (χ4n) is 1.85. The van der Waals surface area contributed by atoms with E-state index in [0.717, 1.165) is 12.0 Å². The predicted octanol–water partition coefficient (Wildman–Crippen LogP) is 3.36. The van der Waals surface area contributed by atoms with Crippen molar-refractivity contribution in [3.63, 3.8) is 0 Å². The van der Waals surface area contributed by atoms with E-state index in [4.69, 9.17) is 0 Å². The molecule has 106 valence electrons. The molecule has 19 heavy (non-hydrogen) atoms. The molecule has 1 unspecified atom stereocenters. The molecule has 0 saturated carbocycles. The molecule has 1 aromatic carbocycles. The lowest BCUT2D eigenvalue weighted by atomic mass is 9.96. The molecule has 1 rings (SSSR count). The molecule has 0 aromatic heterocycles. The van der Waals surface area contributed by atoms with Gasteiger partial charge in [0.1, 0.15) is 5.54 Å². The maximum atomic E-state index is 12.4. The second-order valence-corrected chi connectivity index (χ2v) is 4.78. The molecule has 3 nitrogen and oxygen atoms in total. The van der Waals surface area contributed by atoms with E-state index in [2.05, 4.69) is 5.32 Å². The van der Waals surface area contributed by atoms with Gasteiger partial charge in [0.05, 0.1) is 0 Å². The molecule has 0 saturated heterocycles. The maximum absolute atomic E-state index is 12.4. The van der Waals surface area contributed by atoms with E-state index in [1.165, 1.54) is 12.1 Å². The van der Waals surface area contributed by atoms with Crippen molar-refractivity contribution in [1.82, 2.24) is 5.32 Å². The van der Waals surface area contributed by atoms with E-state index >= 15 is 0 Å². The molecule has 5 heteroatoms. The number of rotatable bonds is 7. The topological polar surface area (TPSA) is 49.3 Å². The van der Waals surface area contributed by atoms with Crippen LogP contribution in [0.15, 0.2) is 24.3 Å². The summed E-state index contributed by atoms with van der Waals surface area (Å²) in [5.41, 5.74) is -0.234. The van der Waals surface area contributed by atoms with Gasteiger partial charge in [0.2, 0.25) is 0 Å². The van der Waals surface area contributed by atoms with Crippen LogP contribution in [-0.2, 0) is 11.3 Å². The van der Waals surface area contributed by atoms with Crippen molar-refractivity contribution in [1.29, 1.82) is 0 Å². The number of carbonyl (C=O) groups is 1. The Balaban J connectivity index is 2.67. The van der Waals surface area contributed by atoms with E-state index < -0.39 is 17.9 Å². The number of hydrogen-bond acceptors (Lipinski definition) is 2. The second kappa shape index (κ2) is 6.61. The number of hydrogen-bond donors (Lipinski definition) is 2. The Labute approximate surface area is 111 Å². The lowest BCUT2D eigenvalue weighted by molar-refractivity contribution is -0.144. The van der Waals surface area contributed by atoms with Crippen LogP contribution in [0, 0.1) is 0 Å². The summed E-state index contributed by atoms with van der Waals surface area (Å²) in [5, 5.41) is 12.2. The number of carboxylic acid groups (broad SMARTS) is 1. The standard InChI is InChI=1S/C14H19F2NO2/c1-3-8-14(2,13(18)19)17-9-10-4-6-11(7-5-10)12(15)16/h4-7,12,17H,3,8-9H2,1-2H3,(H,18,19). The van der Waals surface area contributed by atoms with Crippen molar-refractivity contribution in [3.05, 3.63) is 35.4 Å². The van der Waals surface area contributed by atoms with Crippen molar-refractivity contribution >= 4 is 5.97 Å². The van der Waals surface area contributed by atoms with Crippen LogP contribution in [0.1, 0.15) is 44.2 Å². The first-order valence-electron chi connectivity index (χ1n) is 6.24. The molecule has 0 aliphatic rings. The van der Waals surface area contributed by atoms with Gasteiger partial charge in [-0.05, 0) is 18.9 Å². The van der Waals surface area contributed by atoms with Gasteiger partial charge >= 0.3 is 5.97 Å². The predicted molar refractivity (Wildman–Crippen MR) is 69.2 cm³/mol. The zero-order chi connectivity index (χ0) is 14.5. The summed E-state index contributed by atoms with van der Waals surface area (Å²) in [5.74, 6) is -0.904. The summed E-state index contributed by atoms with van der Waals surface area (Å²) in [6.45, 7) is 3.89. The van der Waals surface area contributed by atoms with E-state index in [9.17, 15) is 18.7 Å². The minimum atomic E-state index is -2.48. The molecule has 0 amide bonds. The SMILES string of the molecule is CCCC(C)(NCc1ccc(C(F)F)cc1)C(=O)O. The zero-order valence-electron chi connectivity index (χ0n) is 11.1. The van der Waals surface area contributed by atoms with E-state index in [1.807, 2.05) is 6.92 Å². The fraction of sp³-hybridized carbons (Fsp3) is 0.500. The van der Waals surface area contributed by atoms with Crippen LogP contribution in [0.5, 0.6) is 0 Å². The zero-order valence-corrected chi connectivity index (χ0v) is 11.1. The number of halogens is 2. The molecule has 0 spiro atoms. The van der Waals surface area contributed by atoms with Crippen LogP contribution in [-0.4, -0.2) is 16.6 Å². The Morgan fingerprint density at radius 3 is 2.37 bits per heavy atom. The molecule has 0 radical (unpaired) electrons. The van der Waals surface area contributed by atoms with Crippen LogP contribution >= 0.6 is 0 Å². The fourth-order valence-corrected chi connectivity index (χ4v) is 1.85. The molecular formula is C14H19F2NO2. The van der Waals surface area contributed by atoms with Gasteiger partial charge in [-0.1, -0.05) is 37.6 Å². The van der Waals surface area contributed by atoms with E-state index in [0.29, 0.717) is 13.0 Å². The third kappa shape index (κ3) is 4.28. The van der Waals surface area contributed by atoms with Crippen molar-refractivity contribution in [3.8, 4) is 0 Å². The third-order valence-electron chi connectivity index (χ3n) is 3.14. The lowest BCUT2D eigenvalue weighted by Gasteiger charge is -2.26. The molecule has 1 atom stereocenters. The molecule has 2 N–H and O–H groups in total. The van der Waals surface area contributed by atoms with Crippen molar-refractivity contribution in [2.75, 3.05) is 0 Å². The quantitative estimate of drug-likeness (QED) is 0.799. The number of aliphatic carboxylic acids is 1. The van der Waals surface area contributed by atoms with Crippen molar-refractivity contribution < 1.29 is 18.7 Å². The number of nitrogens with one attached hydrogen (secondary N) is 1. The van der Waals surface area contributed by atoms with Gasteiger partial charge in [0.25, 0.3) is 6.43 Å². The van der Waals surface area contributed by atoms with E-state index in [1.54, 1.807) is 19.1 Å². The van der Waals surface area contributed by atoms with Crippen LogP contribution in [0.4, 0.5) is 8.78 Å². The summed E-state index contributed by atoms with van der Waals surface area (Å²) in [7, 11) is 0. The van der Waals surface area contributed by atoms with Gasteiger partial charge in [0.15, 0.2) is 0 Å². The van der Waals surface area contributed by atoms with Gasteiger partial charge in [0, 0.05) is 12.1 Å². The molecular weight excluding hydrogens is 252 g/mol. The highest BCUT2D eigenvalue weighted by Gasteiger charge is 2.31. The molecule has 0 heterocycles. The number of benzene rings is 1. The Bertz CT molecular complexity index is 420. The normalized spacial score (nSPS) is 14.4. The van der Waals surface area contributed by atoms with Crippen LogP contribution in [0.2, 0.25) is 0 Å². The number of alkyl halides is 2. The Morgan fingerprint density at radius 2 is 1.95 bits per heavy atom. The van der Waals surface area contributed by atoms with Crippen LogP contribution in [0.3, 0.4) is 0 Å². The molecule has 0 aliphatic heterocycles. The first-order valence-corrected chi connectivity index (χ1v) is 6.24. The first kappa shape index (κ1) is 15.6.